The Kier molecular flexibility index (Phi) is 5.85. The number of aliphatic imine (C=N–C) groups is 1. The number of amidine groups is 1. The first kappa shape index (κ1) is 20.8. The lowest BCUT2D eigenvalue weighted by molar-refractivity contribution is 0.102. The molecule has 31 heavy (non-hydrogen) atoms. The van der Waals surface area contributed by atoms with E-state index in [9.17, 15) is 13.6 Å². The van der Waals surface area contributed by atoms with Gasteiger partial charge in [-0.25, -0.2) is 13.8 Å². The smallest absolute Gasteiger partial charge is 0.284 e. The molecule has 0 saturated heterocycles. The summed E-state index contributed by atoms with van der Waals surface area (Å²) in [5, 5.41) is 6.15. The SMILES string of the molecule is C=NNC(=NC)c1ccc2c(c1)-c1sc(C(=O)Nc3c(F)cccc3F)nc1CCC2. The number of aromatic nitrogens is 1. The Bertz CT molecular complexity index is 1180. The lowest BCUT2D eigenvalue weighted by atomic mass is 10.0. The topological polar surface area (TPSA) is 78.7 Å². The highest BCUT2D eigenvalue weighted by atomic mass is 32.1. The summed E-state index contributed by atoms with van der Waals surface area (Å²) in [6, 6.07) is 9.39. The zero-order valence-electron chi connectivity index (χ0n) is 16.7. The molecule has 2 N–H and O–H groups in total. The maximum absolute atomic E-state index is 13.9. The number of benzene rings is 2. The molecule has 1 heterocycles. The summed E-state index contributed by atoms with van der Waals surface area (Å²) in [7, 11) is 1.65. The number of amides is 1. The Morgan fingerprint density at radius 3 is 2.68 bits per heavy atom. The monoisotopic (exact) mass is 439 g/mol. The first-order chi connectivity index (χ1) is 15.0. The highest BCUT2D eigenvalue weighted by Crippen LogP contribution is 2.38. The van der Waals surface area contributed by atoms with Crippen LogP contribution in [0.3, 0.4) is 0 Å². The molecule has 4 rings (SSSR count). The van der Waals surface area contributed by atoms with E-state index in [1.54, 1.807) is 7.05 Å². The minimum absolute atomic E-state index is 0.154. The number of carbonyl (C=O) groups is 1. The van der Waals surface area contributed by atoms with E-state index in [0.717, 1.165) is 52.2 Å². The predicted molar refractivity (Wildman–Crippen MR) is 119 cm³/mol. The van der Waals surface area contributed by atoms with Crippen LogP contribution in [0.5, 0.6) is 0 Å². The van der Waals surface area contributed by atoms with Crippen molar-refractivity contribution in [3.05, 3.63) is 69.9 Å². The number of para-hydroxylation sites is 1. The number of nitrogens with one attached hydrogen (secondary N) is 2. The van der Waals surface area contributed by atoms with Crippen molar-refractivity contribution in [1.82, 2.24) is 10.4 Å². The van der Waals surface area contributed by atoms with Crippen LogP contribution in [0.25, 0.3) is 10.4 Å². The van der Waals surface area contributed by atoms with E-state index < -0.39 is 23.2 Å². The van der Waals surface area contributed by atoms with E-state index >= 15 is 0 Å². The van der Waals surface area contributed by atoms with Crippen molar-refractivity contribution in [2.45, 2.75) is 19.3 Å². The van der Waals surface area contributed by atoms with Crippen molar-refractivity contribution in [2.75, 3.05) is 12.4 Å². The fourth-order valence-corrected chi connectivity index (χ4v) is 4.59. The summed E-state index contributed by atoms with van der Waals surface area (Å²) >= 11 is 1.21. The Morgan fingerprint density at radius 2 is 1.97 bits per heavy atom. The van der Waals surface area contributed by atoms with Crippen LogP contribution in [-0.4, -0.2) is 30.5 Å². The van der Waals surface area contributed by atoms with Crippen LogP contribution in [-0.2, 0) is 12.8 Å². The fraction of sp³-hybridized carbons (Fsp3) is 0.182. The lowest BCUT2D eigenvalue weighted by Gasteiger charge is -2.10. The second kappa shape index (κ2) is 8.73. The zero-order valence-corrected chi connectivity index (χ0v) is 17.5. The molecule has 0 aliphatic heterocycles. The summed E-state index contributed by atoms with van der Waals surface area (Å²) in [4.78, 5) is 22.2. The Hall–Kier alpha value is -3.46. The van der Waals surface area contributed by atoms with E-state index in [1.807, 2.05) is 18.2 Å². The number of fused-ring (bicyclic) bond motifs is 3. The van der Waals surface area contributed by atoms with Gasteiger partial charge in [0, 0.05) is 19.3 Å². The first-order valence-electron chi connectivity index (χ1n) is 9.59. The number of thiazole rings is 1. The first-order valence-corrected chi connectivity index (χ1v) is 10.4. The molecule has 3 aromatic rings. The third kappa shape index (κ3) is 4.09. The number of carbonyl (C=O) groups excluding carboxylic acids is 1. The van der Waals surface area contributed by atoms with Gasteiger partial charge in [0.05, 0.1) is 10.6 Å². The Balaban J connectivity index is 1.71. The van der Waals surface area contributed by atoms with E-state index in [-0.39, 0.29) is 5.01 Å². The number of nitrogens with zero attached hydrogens (tertiary/aromatic N) is 3. The number of rotatable bonds is 4. The number of halogens is 2. The third-order valence-electron chi connectivity index (χ3n) is 4.99. The number of anilines is 1. The van der Waals surface area contributed by atoms with Crippen LogP contribution in [0, 0.1) is 11.6 Å². The summed E-state index contributed by atoms with van der Waals surface area (Å²) in [6.07, 6.45) is 2.47. The molecule has 0 unspecified atom stereocenters. The summed E-state index contributed by atoms with van der Waals surface area (Å²) in [6.45, 7) is 3.43. The minimum atomic E-state index is -0.837. The quantitative estimate of drug-likeness (QED) is 0.359. The number of hydrogen-bond donors (Lipinski definition) is 2. The van der Waals surface area contributed by atoms with E-state index in [0.29, 0.717) is 12.3 Å². The molecule has 2 aromatic carbocycles. The molecule has 0 bridgehead atoms. The standard InChI is InChI=1S/C22H19F2N5OS/c1-25-20(29-26-2)13-10-9-12-5-3-8-17-19(14(12)11-13)31-22(27-17)21(30)28-18-15(23)6-4-7-16(18)24/h4,6-7,9-11H,2-3,5,8H2,1H3,(H,25,29)(H,28,30). The molecule has 1 amide bonds. The maximum atomic E-state index is 13.9. The molecule has 6 nitrogen and oxygen atoms in total. The highest BCUT2D eigenvalue weighted by molar-refractivity contribution is 7.17. The van der Waals surface area contributed by atoms with Gasteiger partial charge in [-0.2, -0.15) is 5.10 Å². The molecule has 0 radical (unpaired) electrons. The van der Waals surface area contributed by atoms with Gasteiger partial charge in [-0.1, -0.05) is 18.2 Å². The van der Waals surface area contributed by atoms with Crippen LogP contribution < -0.4 is 10.7 Å². The number of hydrogen-bond acceptors (Lipinski definition) is 5. The molecule has 0 saturated carbocycles. The molecular weight excluding hydrogens is 420 g/mol. The molecule has 9 heteroatoms. The van der Waals surface area contributed by atoms with Gasteiger partial charge in [0.1, 0.15) is 23.2 Å². The van der Waals surface area contributed by atoms with Crippen molar-refractivity contribution in [2.24, 2.45) is 10.1 Å². The van der Waals surface area contributed by atoms with Crippen molar-refractivity contribution in [3.63, 3.8) is 0 Å². The maximum Gasteiger partial charge on any atom is 0.284 e. The van der Waals surface area contributed by atoms with Gasteiger partial charge >= 0.3 is 0 Å². The van der Waals surface area contributed by atoms with Crippen LogP contribution in [0.4, 0.5) is 14.5 Å². The average molecular weight is 439 g/mol. The van der Waals surface area contributed by atoms with Gasteiger partial charge in [-0.3, -0.25) is 15.2 Å². The van der Waals surface area contributed by atoms with Gasteiger partial charge in [0.15, 0.2) is 5.01 Å². The molecule has 1 aliphatic rings. The van der Waals surface area contributed by atoms with E-state index in [1.165, 1.54) is 17.4 Å². The average Bonchev–Trinajstić information content (AvgIpc) is 3.11. The van der Waals surface area contributed by atoms with Gasteiger partial charge < -0.3 is 5.32 Å². The zero-order chi connectivity index (χ0) is 22.0. The number of aryl methyl sites for hydroxylation is 2. The second-order valence-electron chi connectivity index (χ2n) is 6.91. The molecule has 1 aliphatic carbocycles. The Labute approximate surface area is 181 Å². The van der Waals surface area contributed by atoms with Gasteiger partial charge in [0.25, 0.3) is 5.91 Å². The van der Waals surface area contributed by atoms with Crippen LogP contribution in [0.15, 0.2) is 46.5 Å². The van der Waals surface area contributed by atoms with Gasteiger partial charge in [0.2, 0.25) is 0 Å². The molecule has 0 atom stereocenters. The molecule has 158 valence electrons. The molecular formula is C22H19F2N5OS. The Morgan fingerprint density at radius 1 is 1.19 bits per heavy atom. The van der Waals surface area contributed by atoms with Crippen molar-refractivity contribution in [3.8, 4) is 10.4 Å². The predicted octanol–water partition coefficient (Wildman–Crippen LogP) is 4.41. The highest BCUT2D eigenvalue weighted by Gasteiger charge is 2.24. The summed E-state index contributed by atoms with van der Waals surface area (Å²) < 4.78 is 27.8. The van der Waals surface area contributed by atoms with Crippen molar-refractivity contribution >= 4 is 35.5 Å². The van der Waals surface area contributed by atoms with Crippen LogP contribution in [0.2, 0.25) is 0 Å². The third-order valence-corrected chi connectivity index (χ3v) is 6.12. The normalized spacial score (nSPS) is 13.1. The molecule has 1 aromatic heterocycles. The second-order valence-corrected chi connectivity index (χ2v) is 7.91. The lowest BCUT2D eigenvalue weighted by Crippen LogP contribution is -2.18. The molecule has 0 spiro atoms. The minimum Gasteiger partial charge on any atom is -0.315 e. The van der Waals surface area contributed by atoms with Crippen LogP contribution in [0.1, 0.15) is 33.0 Å². The summed E-state index contributed by atoms with van der Waals surface area (Å²) in [5.41, 5.74) is 6.02. The molecule has 0 fully saturated rings. The number of hydrazone groups is 1. The fourth-order valence-electron chi connectivity index (χ4n) is 3.53. The van der Waals surface area contributed by atoms with E-state index in [2.05, 4.69) is 32.5 Å². The van der Waals surface area contributed by atoms with Gasteiger partial charge in [-0.05, 0) is 48.6 Å². The largest absolute Gasteiger partial charge is 0.315 e. The van der Waals surface area contributed by atoms with Crippen LogP contribution >= 0.6 is 11.3 Å². The summed E-state index contributed by atoms with van der Waals surface area (Å²) in [5.74, 6) is -1.75. The van der Waals surface area contributed by atoms with Crippen molar-refractivity contribution < 1.29 is 13.6 Å². The van der Waals surface area contributed by atoms with Crippen molar-refractivity contribution in [1.29, 1.82) is 0 Å². The van der Waals surface area contributed by atoms with E-state index in [4.69, 9.17) is 0 Å². The van der Waals surface area contributed by atoms with Gasteiger partial charge in [-0.15, -0.1) is 11.3 Å².